The predicted octanol–water partition coefficient (Wildman–Crippen LogP) is 3.39. The Hall–Kier alpha value is -1.03. The van der Waals surface area contributed by atoms with E-state index in [0.717, 1.165) is 12.8 Å². The van der Waals surface area contributed by atoms with Crippen LogP contribution in [0.4, 0.5) is 13.2 Å². The zero-order valence-electron chi connectivity index (χ0n) is 9.72. The maximum absolute atomic E-state index is 12.0. The minimum absolute atomic E-state index is 0.0159. The van der Waals surface area contributed by atoms with Crippen molar-refractivity contribution in [1.82, 2.24) is 5.32 Å². The molecule has 1 aliphatic carbocycles. The fourth-order valence-electron chi connectivity index (χ4n) is 2.24. The van der Waals surface area contributed by atoms with Gasteiger partial charge in [-0.1, -0.05) is 29.8 Å². The number of halogens is 3. The molecule has 0 atom stereocenters. The molecule has 1 nitrogen and oxygen atoms in total. The number of hydrogen-bond donors (Lipinski definition) is 1. The summed E-state index contributed by atoms with van der Waals surface area (Å²) in [5, 5.41) is 2.55. The fraction of sp³-hybridized carbons (Fsp3) is 0.538. The average Bonchev–Trinajstić information content (AvgIpc) is 2.13. The second kappa shape index (κ2) is 4.69. The third-order valence-corrected chi connectivity index (χ3v) is 3.24. The summed E-state index contributed by atoms with van der Waals surface area (Å²) in [5.41, 5.74) is 2.45. The fourth-order valence-corrected chi connectivity index (χ4v) is 2.24. The highest BCUT2D eigenvalue weighted by Gasteiger charge is 2.34. The summed E-state index contributed by atoms with van der Waals surface area (Å²) in [5.74, 6) is 0.417. The van der Waals surface area contributed by atoms with E-state index in [4.69, 9.17) is 0 Å². The Labute approximate surface area is 99.0 Å². The molecule has 0 bridgehead atoms. The first-order chi connectivity index (χ1) is 7.94. The number of alkyl halides is 3. The highest BCUT2D eigenvalue weighted by molar-refractivity contribution is 5.27. The first kappa shape index (κ1) is 12.4. The van der Waals surface area contributed by atoms with Crippen LogP contribution in [0.3, 0.4) is 0 Å². The van der Waals surface area contributed by atoms with Gasteiger partial charge in [0.1, 0.15) is 0 Å². The van der Waals surface area contributed by atoms with Gasteiger partial charge < -0.3 is 5.32 Å². The van der Waals surface area contributed by atoms with Crippen molar-refractivity contribution in [3.63, 3.8) is 0 Å². The molecule has 17 heavy (non-hydrogen) atoms. The molecule has 1 aromatic carbocycles. The van der Waals surface area contributed by atoms with E-state index >= 15 is 0 Å². The third kappa shape index (κ3) is 3.46. The van der Waals surface area contributed by atoms with Crippen molar-refractivity contribution in [1.29, 1.82) is 0 Å². The lowest BCUT2D eigenvalue weighted by atomic mass is 9.75. The highest BCUT2D eigenvalue weighted by Crippen LogP contribution is 2.37. The number of nitrogens with one attached hydrogen (secondary N) is 1. The van der Waals surface area contributed by atoms with Gasteiger partial charge in [-0.25, -0.2) is 0 Å². The topological polar surface area (TPSA) is 12.0 Å². The summed E-state index contributed by atoms with van der Waals surface area (Å²) in [4.78, 5) is 0. The van der Waals surface area contributed by atoms with Crippen LogP contribution in [0, 0.1) is 6.92 Å². The zero-order valence-corrected chi connectivity index (χ0v) is 9.72. The van der Waals surface area contributed by atoms with E-state index in [1.807, 2.05) is 19.1 Å². The second-order valence-electron chi connectivity index (χ2n) is 4.78. The maximum Gasteiger partial charge on any atom is 0.401 e. The molecular formula is C13H16F3N. The van der Waals surface area contributed by atoms with Gasteiger partial charge in [0.25, 0.3) is 0 Å². The van der Waals surface area contributed by atoms with E-state index in [9.17, 15) is 13.2 Å². The van der Waals surface area contributed by atoms with E-state index in [2.05, 4.69) is 17.4 Å². The Balaban J connectivity index is 1.79. The molecule has 0 amide bonds. The molecule has 1 saturated carbocycles. The Morgan fingerprint density at radius 3 is 2.59 bits per heavy atom. The van der Waals surface area contributed by atoms with Crippen LogP contribution in [-0.4, -0.2) is 18.8 Å². The summed E-state index contributed by atoms with van der Waals surface area (Å²) in [6.45, 7) is 1.15. The molecule has 1 aromatic rings. The smallest absolute Gasteiger partial charge is 0.306 e. The lowest BCUT2D eigenvalue weighted by Gasteiger charge is -2.36. The van der Waals surface area contributed by atoms with Crippen molar-refractivity contribution in [2.45, 2.75) is 37.9 Å². The quantitative estimate of drug-likeness (QED) is 0.858. The van der Waals surface area contributed by atoms with Crippen molar-refractivity contribution in [2.24, 2.45) is 0 Å². The molecular weight excluding hydrogens is 227 g/mol. The van der Waals surface area contributed by atoms with Crippen LogP contribution in [0.2, 0.25) is 0 Å². The normalized spacial score (nSPS) is 24.5. The van der Waals surface area contributed by atoms with Gasteiger partial charge in [0.2, 0.25) is 0 Å². The molecule has 1 fully saturated rings. The van der Waals surface area contributed by atoms with Crippen molar-refractivity contribution in [3.05, 3.63) is 35.4 Å². The van der Waals surface area contributed by atoms with Crippen molar-refractivity contribution in [2.75, 3.05) is 6.54 Å². The molecule has 0 aromatic heterocycles. The van der Waals surface area contributed by atoms with Crippen molar-refractivity contribution >= 4 is 0 Å². The van der Waals surface area contributed by atoms with E-state index in [1.165, 1.54) is 11.1 Å². The lowest BCUT2D eigenvalue weighted by Crippen LogP contribution is -2.44. The van der Waals surface area contributed by atoms with Crippen LogP contribution >= 0.6 is 0 Å². The van der Waals surface area contributed by atoms with E-state index in [1.54, 1.807) is 0 Å². The molecule has 0 spiro atoms. The highest BCUT2D eigenvalue weighted by atomic mass is 19.4. The molecule has 0 aliphatic heterocycles. The minimum atomic E-state index is -4.10. The van der Waals surface area contributed by atoms with Gasteiger partial charge >= 0.3 is 6.18 Å². The summed E-state index contributed by atoms with van der Waals surface area (Å²) < 4.78 is 36.0. The Morgan fingerprint density at radius 1 is 1.29 bits per heavy atom. The van der Waals surface area contributed by atoms with Gasteiger partial charge in [-0.2, -0.15) is 13.2 Å². The molecule has 0 radical (unpaired) electrons. The molecule has 94 valence electrons. The summed E-state index contributed by atoms with van der Waals surface area (Å²) >= 11 is 0. The Kier molecular flexibility index (Phi) is 3.43. The van der Waals surface area contributed by atoms with E-state index in [-0.39, 0.29) is 6.04 Å². The Morgan fingerprint density at radius 2 is 2.00 bits per heavy atom. The largest absolute Gasteiger partial charge is 0.401 e. The zero-order chi connectivity index (χ0) is 12.5. The van der Waals surface area contributed by atoms with Crippen molar-refractivity contribution < 1.29 is 13.2 Å². The SMILES string of the molecule is Cc1cccc(C2CC(NCC(F)(F)F)C2)c1. The van der Waals surface area contributed by atoms with Crippen LogP contribution in [-0.2, 0) is 0 Å². The van der Waals surface area contributed by atoms with Gasteiger partial charge in [0.15, 0.2) is 0 Å². The monoisotopic (exact) mass is 243 g/mol. The van der Waals surface area contributed by atoms with E-state index < -0.39 is 12.7 Å². The van der Waals surface area contributed by atoms with Crippen LogP contribution < -0.4 is 5.32 Å². The number of rotatable bonds is 3. The van der Waals surface area contributed by atoms with Gasteiger partial charge in [-0.15, -0.1) is 0 Å². The molecule has 0 saturated heterocycles. The first-order valence-electron chi connectivity index (χ1n) is 5.81. The number of aryl methyl sites for hydroxylation is 1. The average molecular weight is 243 g/mol. The summed E-state index contributed by atoms with van der Waals surface area (Å²) in [6, 6.07) is 8.22. The van der Waals surface area contributed by atoms with Gasteiger partial charge in [0.05, 0.1) is 6.54 Å². The van der Waals surface area contributed by atoms with Gasteiger partial charge in [-0.3, -0.25) is 0 Å². The third-order valence-electron chi connectivity index (χ3n) is 3.24. The van der Waals surface area contributed by atoms with Crippen LogP contribution in [0.25, 0.3) is 0 Å². The number of hydrogen-bond acceptors (Lipinski definition) is 1. The second-order valence-corrected chi connectivity index (χ2v) is 4.78. The molecule has 4 heteroatoms. The summed E-state index contributed by atoms with van der Waals surface area (Å²) in [7, 11) is 0. The minimum Gasteiger partial charge on any atom is -0.306 e. The van der Waals surface area contributed by atoms with Crippen LogP contribution in [0.1, 0.15) is 29.9 Å². The van der Waals surface area contributed by atoms with Gasteiger partial charge in [0, 0.05) is 6.04 Å². The van der Waals surface area contributed by atoms with Crippen LogP contribution in [0.15, 0.2) is 24.3 Å². The van der Waals surface area contributed by atoms with Crippen LogP contribution in [0.5, 0.6) is 0 Å². The molecule has 2 rings (SSSR count). The molecule has 0 unspecified atom stereocenters. The van der Waals surface area contributed by atoms with E-state index in [0.29, 0.717) is 5.92 Å². The number of benzene rings is 1. The maximum atomic E-state index is 12.0. The molecule has 1 N–H and O–H groups in total. The molecule has 0 heterocycles. The van der Waals surface area contributed by atoms with Crippen molar-refractivity contribution in [3.8, 4) is 0 Å². The standard InChI is InChI=1S/C13H16F3N/c1-9-3-2-4-10(5-9)11-6-12(7-11)17-8-13(14,15)16/h2-5,11-12,17H,6-8H2,1H3. The first-order valence-corrected chi connectivity index (χ1v) is 5.81. The molecule has 1 aliphatic rings. The Bertz CT molecular complexity index is 380. The summed E-state index contributed by atoms with van der Waals surface area (Å²) in [6.07, 6.45) is -2.49. The lowest BCUT2D eigenvalue weighted by molar-refractivity contribution is -0.127. The van der Waals surface area contributed by atoms with Gasteiger partial charge in [-0.05, 0) is 31.2 Å². The predicted molar refractivity (Wildman–Crippen MR) is 61.0 cm³/mol.